The first-order chi connectivity index (χ1) is 12.1. The van der Waals surface area contributed by atoms with E-state index in [9.17, 15) is 31.0 Å². The second kappa shape index (κ2) is 7.65. The summed E-state index contributed by atoms with van der Waals surface area (Å²) in [4.78, 5) is 2.01. The molecule has 0 saturated carbocycles. The van der Waals surface area contributed by atoms with E-state index in [0.29, 0.717) is 0 Å². The van der Waals surface area contributed by atoms with Crippen LogP contribution in [0.3, 0.4) is 0 Å². The molecule has 0 aliphatic carbocycles. The zero-order chi connectivity index (χ0) is 19.1. The number of phenols is 1. The van der Waals surface area contributed by atoms with Gasteiger partial charge in [0.05, 0.1) is 5.69 Å². The Balaban J connectivity index is 0.00000261. The minimum atomic E-state index is -4.82. The summed E-state index contributed by atoms with van der Waals surface area (Å²) in [6, 6.07) is 4.05. The molecular weight excluding hydrogens is 479 g/mol. The van der Waals surface area contributed by atoms with Crippen molar-refractivity contribution < 1.29 is 63.8 Å². The molecule has 12 nitrogen and oxygen atoms in total. The van der Waals surface area contributed by atoms with Crippen molar-refractivity contribution >= 4 is 49.0 Å². The number of nitrogens with zero attached hydrogens (tertiary/aromatic N) is 4. The normalized spacial score (nSPS) is 15.3. The van der Waals surface area contributed by atoms with Gasteiger partial charge >= 0.3 is 0 Å². The topological polar surface area (TPSA) is 190 Å². The third-order valence-corrected chi connectivity index (χ3v) is 5.01. The van der Waals surface area contributed by atoms with Crippen LogP contribution < -0.4 is 5.43 Å². The Morgan fingerprint density at radius 1 is 1.07 bits per heavy atom. The van der Waals surface area contributed by atoms with Crippen molar-refractivity contribution in [2.75, 3.05) is 5.43 Å². The van der Waals surface area contributed by atoms with E-state index < -0.39 is 46.9 Å². The molecule has 15 heteroatoms. The van der Waals surface area contributed by atoms with Crippen LogP contribution in [0.4, 0.5) is 5.69 Å². The molecule has 0 fully saturated rings. The maximum Gasteiger partial charge on any atom is 0.295 e. The third kappa shape index (κ3) is 4.36. The number of anilines is 1. The third-order valence-electron chi connectivity index (χ3n) is 3.23. The number of benzene rings is 2. The first-order valence-corrected chi connectivity index (χ1v) is 9.41. The molecular formula is C12H8N5O7S2Y-. The van der Waals surface area contributed by atoms with Gasteiger partial charge in [0.15, 0.2) is 0 Å². The number of hydrogen-bond donors (Lipinski definition) is 4. The van der Waals surface area contributed by atoms with Crippen LogP contribution >= 0.6 is 0 Å². The number of nitrogens with one attached hydrogen (secondary N) is 1. The molecule has 1 radical (unpaired) electrons. The first kappa shape index (κ1) is 21.5. The summed E-state index contributed by atoms with van der Waals surface area (Å²) in [5.74, 6) is -0.950. The van der Waals surface area contributed by atoms with Gasteiger partial charge in [0.25, 0.3) is 20.2 Å². The molecule has 0 atom stereocenters. The Kier molecular flexibility index (Phi) is 6.08. The van der Waals surface area contributed by atoms with Crippen molar-refractivity contribution in [1.29, 1.82) is 0 Å². The number of hydrogen-bond acceptors (Lipinski definition) is 8. The molecule has 0 amide bonds. The van der Waals surface area contributed by atoms with Crippen molar-refractivity contribution in [1.82, 2.24) is 0 Å². The van der Waals surface area contributed by atoms with Gasteiger partial charge in [0.1, 0.15) is 21.5 Å². The van der Waals surface area contributed by atoms with Gasteiger partial charge < -0.3 is 10.1 Å². The maximum atomic E-state index is 11.7. The average molecular weight is 487 g/mol. The molecule has 27 heavy (non-hydrogen) atoms. The van der Waals surface area contributed by atoms with Gasteiger partial charge in [-0.15, -0.1) is 0 Å². The van der Waals surface area contributed by atoms with E-state index in [2.05, 4.69) is 32.1 Å². The molecule has 2 aromatic rings. The van der Waals surface area contributed by atoms with Crippen LogP contribution in [0.5, 0.6) is 5.75 Å². The molecule has 4 N–H and O–H groups in total. The standard InChI is InChI=1S/C12H8N5O7S2.Y/c18-11-7(15-17-12-13-5-14-16-12)4-9(26(22,23)24)6-2-1-3-8(10(6)11)25(19,20)21;/h1-4,15,18H,(H,19,20,21)(H,22,23,24);/q-1;/b17-12-;. The molecule has 1 heterocycles. The van der Waals surface area contributed by atoms with Crippen molar-refractivity contribution in [3.05, 3.63) is 24.3 Å². The first-order valence-electron chi connectivity index (χ1n) is 6.53. The second-order valence-corrected chi connectivity index (χ2v) is 7.62. The monoisotopic (exact) mass is 487 g/mol. The average Bonchev–Trinajstić information content (AvgIpc) is 3.05. The summed E-state index contributed by atoms with van der Waals surface area (Å²) < 4.78 is 65.3. The van der Waals surface area contributed by atoms with E-state index in [1.54, 1.807) is 0 Å². The summed E-state index contributed by atoms with van der Waals surface area (Å²) in [7, 11) is -9.65. The van der Waals surface area contributed by atoms with Crippen molar-refractivity contribution in [3.8, 4) is 5.75 Å². The SMILES string of the molecule is O=S(=O)(O)c1cc(N/N=C2/N=[C-]N=N2)c(O)c2c(S(=O)(=O)O)cccc12.[Y]. The summed E-state index contributed by atoms with van der Waals surface area (Å²) >= 11 is 0. The minimum Gasteiger partial charge on any atom is -0.505 e. The fourth-order valence-corrected chi connectivity index (χ4v) is 3.65. The molecule has 0 unspecified atom stereocenters. The number of aliphatic imine (C=N–C) groups is 1. The van der Waals surface area contributed by atoms with Gasteiger partial charge in [-0.3, -0.25) is 19.6 Å². The van der Waals surface area contributed by atoms with Gasteiger partial charge in [0, 0.05) is 43.5 Å². The van der Waals surface area contributed by atoms with Gasteiger partial charge in [-0.2, -0.15) is 16.8 Å². The fraction of sp³-hybridized carbons (Fsp3) is 0. The molecule has 2 aromatic carbocycles. The zero-order valence-electron chi connectivity index (χ0n) is 13.0. The summed E-state index contributed by atoms with van der Waals surface area (Å²) in [5.41, 5.74) is 1.84. The van der Waals surface area contributed by atoms with Gasteiger partial charge in [0.2, 0.25) is 0 Å². The minimum absolute atomic E-state index is 0. The fourth-order valence-electron chi connectivity index (χ4n) is 2.22. The Labute approximate surface area is 177 Å². The number of guanidine groups is 1. The molecule has 0 spiro atoms. The van der Waals surface area contributed by atoms with E-state index in [0.717, 1.165) is 24.3 Å². The smallest absolute Gasteiger partial charge is 0.295 e. The Morgan fingerprint density at radius 3 is 2.30 bits per heavy atom. The van der Waals surface area contributed by atoms with Crippen LogP contribution in [0.15, 0.2) is 54.4 Å². The second-order valence-electron chi connectivity index (χ2n) is 4.84. The van der Waals surface area contributed by atoms with Crippen molar-refractivity contribution in [2.45, 2.75) is 9.79 Å². The largest absolute Gasteiger partial charge is 0.505 e. The predicted octanol–water partition coefficient (Wildman–Crippen LogP) is 1.09. The molecule has 3 rings (SSSR count). The van der Waals surface area contributed by atoms with Crippen LogP contribution in [0.1, 0.15) is 0 Å². The zero-order valence-corrected chi connectivity index (χ0v) is 17.4. The van der Waals surface area contributed by atoms with E-state index >= 15 is 0 Å². The summed E-state index contributed by atoms with van der Waals surface area (Å²) in [5, 5.41) is 19.8. The van der Waals surface area contributed by atoms with E-state index in [-0.39, 0.29) is 44.1 Å². The molecule has 0 aromatic heterocycles. The summed E-state index contributed by atoms with van der Waals surface area (Å²) in [6.45, 7) is 0. The van der Waals surface area contributed by atoms with E-state index in [4.69, 9.17) is 0 Å². The van der Waals surface area contributed by atoms with Crippen molar-refractivity contribution in [2.24, 2.45) is 20.3 Å². The van der Waals surface area contributed by atoms with Crippen LogP contribution in [0, 0.1) is 0 Å². The number of phenolic OH excluding ortho intramolecular Hbond substituents is 1. The number of hydrazone groups is 1. The quantitative estimate of drug-likeness (QED) is 0.213. The van der Waals surface area contributed by atoms with Gasteiger partial charge in [-0.25, -0.2) is 10.2 Å². The number of rotatable bonds is 4. The number of aromatic hydroxyl groups is 1. The van der Waals surface area contributed by atoms with E-state index in [1.807, 2.05) is 0 Å². The Bertz CT molecular complexity index is 1210. The summed E-state index contributed by atoms with van der Waals surface area (Å²) in [6.07, 6.45) is 2.12. The predicted molar refractivity (Wildman–Crippen MR) is 88.6 cm³/mol. The molecule has 1 aliphatic heterocycles. The molecule has 0 saturated heterocycles. The molecule has 0 bridgehead atoms. The van der Waals surface area contributed by atoms with E-state index in [1.165, 1.54) is 0 Å². The number of azo groups is 1. The maximum absolute atomic E-state index is 11.7. The van der Waals surface area contributed by atoms with Crippen LogP contribution in [-0.4, -0.2) is 43.3 Å². The van der Waals surface area contributed by atoms with Crippen LogP contribution in [-0.2, 0) is 52.9 Å². The Hall–Kier alpha value is -1.84. The molecule has 1 aliphatic rings. The van der Waals surface area contributed by atoms with Crippen LogP contribution in [0.25, 0.3) is 10.8 Å². The Morgan fingerprint density at radius 2 is 1.74 bits per heavy atom. The molecule has 139 valence electrons. The number of fused-ring (bicyclic) bond motifs is 1. The van der Waals surface area contributed by atoms with Gasteiger partial charge in [-0.1, -0.05) is 12.1 Å². The van der Waals surface area contributed by atoms with Gasteiger partial charge in [-0.05, 0) is 18.5 Å². The van der Waals surface area contributed by atoms with Crippen LogP contribution in [0.2, 0.25) is 0 Å². The van der Waals surface area contributed by atoms with Crippen molar-refractivity contribution in [3.63, 3.8) is 0 Å².